The molecule has 0 saturated carbocycles. The second kappa shape index (κ2) is 12.0. The molecule has 1 N–H and O–H groups in total. The molecule has 2 saturated heterocycles. The standard InChI is InChI=1S/C34H30FN5O3/c1-2-19-38(34(43)36-20-24-15-17-28(35)18-16-24)39-23-31(41)40-30(39)22-37(33(42)32(40)26-10-4-3-5-11-26)21-27-13-8-12-25-9-6-7-14-29(25)27/h1,3-18,30,32H,19-23H2,(H,36,43)/t30?,32-/m0/s1. The van der Waals surface area contributed by atoms with Crippen molar-refractivity contribution in [3.63, 3.8) is 0 Å². The minimum Gasteiger partial charge on any atom is -0.333 e. The van der Waals surface area contributed by atoms with E-state index in [0.717, 1.165) is 16.3 Å². The minimum atomic E-state index is -0.859. The number of hydrogen-bond donors (Lipinski definition) is 1. The van der Waals surface area contributed by atoms with E-state index in [1.54, 1.807) is 26.9 Å². The van der Waals surface area contributed by atoms with Crippen molar-refractivity contribution < 1.29 is 18.8 Å². The maximum atomic E-state index is 14.1. The number of benzene rings is 4. The van der Waals surface area contributed by atoms with Gasteiger partial charge in [-0.15, -0.1) is 6.42 Å². The fourth-order valence-electron chi connectivity index (χ4n) is 5.91. The topological polar surface area (TPSA) is 76.2 Å². The first kappa shape index (κ1) is 27.9. The van der Waals surface area contributed by atoms with Crippen molar-refractivity contribution in [2.24, 2.45) is 0 Å². The molecule has 2 fully saturated rings. The van der Waals surface area contributed by atoms with Gasteiger partial charge < -0.3 is 15.1 Å². The van der Waals surface area contributed by atoms with Crippen LogP contribution in [0.2, 0.25) is 0 Å². The van der Waals surface area contributed by atoms with Gasteiger partial charge in [0.25, 0.3) is 5.91 Å². The lowest BCUT2D eigenvalue weighted by Gasteiger charge is -2.46. The average Bonchev–Trinajstić information content (AvgIpc) is 3.35. The lowest BCUT2D eigenvalue weighted by molar-refractivity contribution is -0.158. The molecule has 2 atom stereocenters. The van der Waals surface area contributed by atoms with E-state index in [1.807, 2.05) is 72.8 Å². The van der Waals surface area contributed by atoms with E-state index in [9.17, 15) is 18.8 Å². The van der Waals surface area contributed by atoms with Crippen LogP contribution in [0.15, 0.2) is 97.1 Å². The van der Waals surface area contributed by atoms with Gasteiger partial charge in [-0.2, -0.15) is 5.01 Å². The van der Waals surface area contributed by atoms with Gasteiger partial charge >= 0.3 is 6.03 Å². The van der Waals surface area contributed by atoms with Gasteiger partial charge in [-0.1, -0.05) is 90.8 Å². The fourth-order valence-corrected chi connectivity index (χ4v) is 5.91. The maximum Gasteiger partial charge on any atom is 0.333 e. The van der Waals surface area contributed by atoms with Crippen LogP contribution in [0.3, 0.4) is 0 Å². The monoisotopic (exact) mass is 575 g/mol. The molecule has 9 heteroatoms. The van der Waals surface area contributed by atoms with Gasteiger partial charge in [-0.05, 0) is 39.6 Å². The molecule has 0 aliphatic carbocycles. The SMILES string of the molecule is C#CCN(C(=O)NCc1ccc(F)cc1)N1CC(=O)N2C1CN(Cc1cccc3ccccc13)C(=O)[C@@H]2c1ccccc1. The molecule has 43 heavy (non-hydrogen) atoms. The summed E-state index contributed by atoms with van der Waals surface area (Å²) in [4.78, 5) is 44.5. The normalized spacial score (nSPS) is 18.4. The van der Waals surface area contributed by atoms with Crippen LogP contribution in [0.4, 0.5) is 9.18 Å². The summed E-state index contributed by atoms with van der Waals surface area (Å²) in [6, 6.07) is 27.7. The van der Waals surface area contributed by atoms with Crippen LogP contribution in [-0.4, -0.2) is 63.5 Å². The summed E-state index contributed by atoms with van der Waals surface area (Å²) in [7, 11) is 0. The van der Waals surface area contributed by atoms with Crippen molar-refractivity contribution in [1.82, 2.24) is 25.1 Å². The van der Waals surface area contributed by atoms with E-state index >= 15 is 0 Å². The van der Waals surface area contributed by atoms with Crippen molar-refractivity contribution >= 4 is 28.6 Å². The number of hydrogen-bond acceptors (Lipinski definition) is 4. The largest absolute Gasteiger partial charge is 0.333 e. The number of hydrazine groups is 1. The van der Waals surface area contributed by atoms with Gasteiger partial charge in [0.2, 0.25) is 5.91 Å². The predicted molar refractivity (Wildman–Crippen MR) is 160 cm³/mol. The molecule has 4 aromatic carbocycles. The van der Waals surface area contributed by atoms with Crippen molar-refractivity contribution in [3.05, 3.63) is 120 Å². The Bertz CT molecular complexity index is 1700. The van der Waals surface area contributed by atoms with Crippen LogP contribution in [0.25, 0.3) is 10.8 Å². The highest BCUT2D eigenvalue weighted by molar-refractivity contribution is 5.93. The van der Waals surface area contributed by atoms with E-state index < -0.39 is 18.2 Å². The van der Waals surface area contributed by atoms with Gasteiger partial charge in [0.15, 0.2) is 0 Å². The number of rotatable bonds is 7. The molecule has 6 rings (SSSR count). The average molecular weight is 576 g/mol. The molecule has 8 nitrogen and oxygen atoms in total. The number of urea groups is 1. The van der Waals surface area contributed by atoms with Crippen molar-refractivity contribution in [2.45, 2.75) is 25.3 Å². The Balaban J connectivity index is 1.32. The van der Waals surface area contributed by atoms with Crippen molar-refractivity contribution in [3.8, 4) is 12.3 Å². The zero-order valence-electron chi connectivity index (χ0n) is 23.4. The van der Waals surface area contributed by atoms with Gasteiger partial charge in [0.05, 0.1) is 19.6 Å². The summed E-state index contributed by atoms with van der Waals surface area (Å²) in [5.74, 6) is 1.70. The highest BCUT2D eigenvalue weighted by Crippen LogP contribution is 2.36. The summed E-state index contributed by atoms with van der Waals surface area (Å²) in [6.45, 7) is 0.467. The third-order valence-corrected chi connectivity index (χ3v) is 7.96. The Morgan fingerprint density at radius 3 is 2.44 bits per heavy atom. The zero-order valence-corrected chi connectivity index (χ0v) is 23.4. The molecule has 4 aromatic rings. The number of carbonyl (C=O) groups is 3. The first-order chi connectivity index (χ1) is 20.9. The number of terminal acetylenes is 1. The summed E-state index contributed by atoms with van der Waals surface area (Å²) < 4.78 is 13.4. The van der Waals surface area contributed by atoms with Crippen LogP contribution in [-0.2, 0) is 22.7 Å². The van der Waals surface area contributed by atoms with Gasteiger partial charge in [0, 0.05) is 13.1 Å². The summed E-state index contributed by atoms with van der Waals surface area (Å²) in [5, 5.41) is 7.95. The molecular weight excluding hydrogens is 545 g/mol. The molecule has 2 heterocycles. The molecule has 0 aromatic heterocycles. The molecule has 0 spiro atoms. The number of nitrogens with one attached hydrogen (secondary N) is 1. The lowest BCUT2D eigenvalue weighted by Crippen LogP contribution is -2.62. The van der Waals surface area contributed by atoms with Crippen LogP contribution >= 0.6 is 0 Å². The Morgan fingerprint density at radius 1 is 0.953 bits per heavy atom. The minimum absolute atomic E-state index is 0.0832. The molecule has 0 bridgehead atoms. The third-order valence-electron chi connectivity index (χ3n) is 7.96. The second-order valence-electron chi connectivity index (χ2n) is 10.6. The number of carbonyl (C=O) groups excluding carboxylic acids is 3. The summed E-state index contributed by atoms with van der Waals surface area (Å²) in [5.41, 5.74) is 2.39. The third kappa shape index (κ3) is 5.53. The van der Waals surface area contributed by atoms with Crippen molar-refractivity contribution in [1.29, 1.82) is 0 Å². The molecule has 4 amide bonds. The van der Waals surface area contributed by atoms with Crippen LogP contribution in [0.1, 0.15) is 22.7 Å². The first-order valence-electron chi connectivity index (χ1n) is 14.1. The van der Waals surface area contributed by atoms with Gasteiger partial charge in [-0.25, -0.2) is 14.2 Å². The molecule has 0 radical (unpaired) electrons. The Hall–Kier alpha value is -5.20. The number of piperazine rings is 1. The smallest absolute Gasteiger partial charge is 0.333 e. The van der Waals surface area contributed by atoms with E-state index in [0.29, 0.717) is 17.7 Å². The number of fused-ring (bicyclic) bond motifs is 2. The van der Waals surface area contributed by atoms with Crippen molar-refractivity contribution in [2.75, 3.05) is 19.6 Å². The fraction of sp³-hybridized carbons (Fsp3) is 0.206. The van der Waals surface area contributed by atoms with E-state index in [-0.39, 0.29) is 43.8 Å². The molecule has 2 aliphatic heterocycles. The number of nitrogens with zero attached hydrogens (tertiary/aromatic N) is 4. The van der Waals surface area contributed by atoms with Gasteiger partial charge in [-0.3, -0.25) is 9.59 Å². The molecule has 216 valence electrons. The first-order valence-corrected chi connectivity index (χ1v) is 14.1. The zero-order chi connectivity index (χ0) is 29.9. The quantitative estimate of drug-likeness (QED) is 0.334. The van der Waals surface area contributed by atoms with Gasteiger partial charge in [0.1, 0.15) is 18.0 Å². The summed E-state index contributed by atoms with van der Waals surface area (Å²) >= 11 is 0. The Kier molecular flexibility index (Phi) is 7.77. The molecule has 2 aliphatic rings. The lowest BCUT2D eigenvalue weighted by atomic mass is 9.99. The number of amides is 4. The van der Waals surface area contributed by atoms with Crippen LogP contribution in [0.5, 0.6) is 0 Å². The number of halogens is 1. The Morgan fingerprint density at radius 2 is 1.67 bits per heavy atom. The molecule has 1 unspecified atom stereocenters. The van der Waals surface area contributed by atoms with Crippen LogP contribution < -0.4 is 5.32 Å². The highest BCUT2D eigenvalue weighted by atomic mass is 19.1. The Labute approximate surface area is 249 Å². The van der Waals surface area contributed by atoms with E-state index in [2.05, 4.69) is 11.2 Å². The second-order valence-corrected chi connectivity index (χ2v) is 10.6. The predicted octanol–water partition coefficient (Wildman–Crippen LogP) is 4.29. The van der Waals surface area contributed by atoms with E-state index in [4.69, 9.17) is 6.42 Å². The molecular formula is C34H30FN5O3. The maximum absolute atomic E-state index is 14.1. The summed E-state index contributed by atoms with van der Waals surface area (Å²) in [6.07, 6.45) is 5.05. The van der Waals surface area contributed by atoms with Crippen LogP contribution in [0, 0.1) is 18.2 Å². The van der Waals surface area contributed by atoms with E-state index in [1.165, 1.54) is 17.1 Å². The highest BCUT2D eigenvalue weighted by Gasteiger charge is 2.52.